The van der Waals surface area contributed by atoms with E-state index in [9.17, 15) is 9.70 Å². The van der Waals surface area contributed by atoms with Crippen LogP contribution < -0.4 is 10.2 Å². The third-order valence-electron chi connectivity index (χ3n) is 2.81. The fourth-order valence-electron chi connectivity index (χ4n) is 1.68. The van der Waals surface area contributed by atoms with Crippen molar-refractivity contribution in [2.24, 2.45) is 10.3 Å². The number of nitrogens with zero attached hydrogens (tertiary/aromatic N) is 2. The standard InChI is InChI=1S/C15H15N3O4/c1-2-11-5-6-14(13(8-11)18-20)22-10-15(19)17-16-9-12-4-3-7-21-12/h3-9H,2,10H2,1H3,(H,17,19)/b16-9-. The van der Waals surface area contributed by atoms with Crippen LogP contribution in [-0.2, 0) is 11.2 Å². The minimum absolute atomic E-state index is 0.172. The van der Waals surface area contributed by atoms with Crippen LogP contribution in [0.3, 0.4) is 0 Å². The second-order valence-corrected chi connectivity index (χ2v) is 4.34. The molecule has 22 heavy (non-hydrogen) atoms. The van der Waals surface area contributed by atoms with Gasteiger partial charge in [-0.1, -0.05) is 13.0 Å². The van der Waals surface area contributed by atoms with Gasteiger partial charge in [-0.2, -0.15) is 5.10 Å². The van der Waals surface area contributed by atoms with Crippen LogP contribution in [0.2, 0.25) is 0 Å². The van der Waals surface area contributed by atoms with E-state index in [0.717, 1.165) is 12.0 Å². The topological polar surface area (TPSA) is 93.3 Å². The number of benzene rings is 1. The van der Waals surface area contributed by atoms with Crippen LogP contribution in [0, 0.1) is 4.91 Å². The number of ether oxygens (including phenoxy) is 1. The van der Waals surface area contributed by atoms with Crippen LogP contribution >= 0.6 is 0 Å². The summed E-state index contributed by atoms with van der Waals surface area (Å²) in [6.45, 7) is 1.69. The smallest absolute Gasteiger partial charge is 0.277 e. The van der Waals surface area contributed by atoms with Gasteiger partial charge >= 0.3 is 0 Å². The van der Waals surface area contributed by atoms with E-state index in [1.165, 1.54) is 12.5 Å². The molecule has 0 atom stereocenters. The molecule has 2 aromatic rings. The Hall–Kier alpha value is -2.96. The summed E-state index contributed by atoms with van der Waals surface area (Å²) in [4.78, 5) is 22.4. The molecule has 0 aliphatic rings. The molecule has 1 amide bonds. The summed E-state index contributed by atoms with van der Waals surface area (Å²) < 4.78 is 10.3. The fraction of sp³-hybridized carbons (Fsp3) is 0.200. The van der Waals surface area contributed by atoms with Crippen LogP contribution in [0.5, 0.6) is 5.75 Å². The molecule has 1 N–H and O–H groups in total. The van der Waals surface area contributed by atoms with Gasteiger partial charge in [0.1, 0.15) is 17.2 Å². The predicted molar refractivity (Wildman–Crippen MR) is 81.2 cm³/mol. The highest BCUT2D eigenvalue weighted by molar-refractivity contribution is 5.81. The Bertz CT molecular complexity index is 665. The number of furan rings is 1. The van der Waals surface area contributed by atoms with Crippen molar-refractivity contribution in [3.8, 4) is 5.75 Å². The van der Waals surface area contributed by atoms with Gasteiger partial charge in [0.25, 0.3) is 5.91 Å². The number of hydrazone groups is 1. The maximum Gasteiger partial charge on any atom is 0.277 e. The van der Waals surface area contributed by atoms with Crippen LogP contribution in [-0.4, -0.2) is 18.7 Å². The Balaban J connectivity index is 1.87. The monoisotopic (exact) mass is 301 g/mol. The van der Waals surface area contributed by atoms with Crippen LogP contribution in [0.4, 0.5) is 5.69 Å². The quantitative estimate of drug-likeness (QED) is 0.483. The van der Waals surface area contributed by atoms with Gasteiger partial charge in [-0.05, 0) is 41.4 Å². The molecule has 114 valence electrons. The van der Waals surface area contributed by atoms with Crippen molar-refractivity contribution >= 4 is 17.8 Å². The zero-order valence-corrected chi connectivity index (χ0v) is 12.0. The molecule has 1 aromatic carbocycles. The molecule has 0 bridgehead atoms. The number of nitrogens with one attached hydrogen (secondary N) is 1. The van der Waals surface area contributed by atoms with Crippen molar-refractivity contribution in [1.82, 2.24) is 5.43 Å². The van der Waals surface area contributed by atoms with Gasteiger partial charge in [-0.25, -0.2) is 5.43 Å². The van der Waals surface area contributed by atoms with Gasteiger partial charge in [0.05, 0.1) is 12.5 Å². The highest BCUT2D eigenvalue weighted by Gasteiger charge is 2.08. The molecular formula is C15H15N3O4. The minimum Gasteiger partial charge on any atom is -0.481 e. The van der Waals surface area contributed by atoms with Crippen molar-refractivity contribution < 1.29 is 13.9 Å². The van der Waals surface area contributed by atoms with Gasteiger partial charge in [0, 0.05) is 0 Å². The third kappa shape index (κ3) is 4.27. The first-order valence-electron chi connectivity index (χ1n) is 6.67. The Morgan fingerprint density at radius 2 is 2.27 bits per heavy atom. The number of carbonyl (C=O) groups excluding carboxylic acids is 1. The van der Waals surface area contributed by atoms with Crippen LogP contribution in [0.1, 0.15) is 18.2 Å². The summed E-state index contributed by atoms with van der Waals surface area (Å²) in [5, 5.41) is 6.62. The van der Waals surface area contributed by atoms with Gasteiger partial charge in [0.15, 0.2) is 6.61 Å². The van der Waals surface area contributed by atoms with E-state index in [1.807, 2.05) is 13.0 Å². The first kappa shape index (κ1) is 15.4. The van der Waals surface area contributed by atoms with Crippen molar-refractivity contribution in [3.63, 3.8) is 0 Å². The second-order valence-electron chi connectivity index (χ2n) is 4.34. The summed E-state index contributed by atoms with van der Waals surface area (Å²) in [6.07, 6.45) is 3.65. The van der Waals surface area contributed by atoms with Gasteiger partial charge in [-0.15, -0.1) is 4.91 Å². The third-order valence-corrected chi connectivity index (χ3v) is 2.81. The Kier molecular flexibility index (Phi) is 5.42. The van der Waals surface area contributed by atoms with E-state index in [2.05, 4.69) is 15.7 Å². The molecule has 0 radical (unpaired) electrons. The summed E-state index contributed by atoms with van der Waals surface area (Å²) in [5.74, 6) is 0.320. The Morgan fingerprint density at radius 3 is 2.95 bits per heavy atom. The molecule has 0 aliphatic heterocycles. The van der Waals surface area contributed by atoms with E-state index < -0.39 is 5.91 Å². The Morgan fingerprint density at radius 1 is 1.41 bits per heavy atom. The minimum atomic E-state index is -0.459. The number of aryl methyl sites for hydroxylation is 1. The largest absolute Gasteiger partial charge is 0.481 e. The van der Waals surface area contributed by atoms with Gasteiger partial charge in [0.2, 0.25) is 0 Å². The van der Waals surface area contributed by atoms with Crippen molar-refractivity contribution in [1.29, 1.82) is 0 Å². The van der Waals surface area contributed by atoms with Crippen molar-refractivity contribution in [2.45, 2.75) is 13.3 Å². The van der Waals surface area contributed by atoms with E-state index in [4.69, 9.17) is 9.15 Å². The molecule has 1 aromatic heterocycles. The normalized spacial score (nSPS) is 10.6. The molecule has 0 unspecified atom stereocenters. The average molecular weight is 301 g/mol. The lowest BCUT2D eigenvalue weighted by atomic mass is 10.1. The highest BCUT2D eigenvalue weighted by Crippen LogP contribution is 2.28. The first-order chi connectivity index (χ1) is 10.7. The summed E-state index contributed by atoms with van der Waals surface area (Å²) in [7, 11) is 0. The van der Waals surface area contributed by atoms with Gasteiger partial charge < -0.3 is 9.15 Å². The molecule has 0 aliphatic carbocycles. The molecule has 0 spiro atoms. The maximum absolute atomic E-state index is 11.6. The first-order valence-corrected chi connectivity index (χ1v) is 6.67. The molecule has 0 saturated heterocycles. The summed E-state index contributed by atoms with van der Waals surface area (Å²) in [5.41, 5.74) is 3.43. The number of nitroso groups, excluding NO2 is 1. The lowest BCUT2D eigenvalue weighted by Gasteiger charge is -2.07. The zero-order valence-electron chi connectivity index (χ0n) is 12.0. The van der Waals surface area contributed by atoms with Crippen molar-refractivity contribution in [2.75, 3.05) is 6.61 Å². The maximum atomic E-state index is 11.6. The van der Waals surface area contributed by atoms with Gasteiger partial charge in [-0.3, -0.25) is 4.79 Å². The van der Waals surface area contributed by atoms with Crippen molar-refractivity contribution in [3.05, 3.63) is 52.8 Å². The molecule has 1 heterocycles. The second kappa shape index (κ2) is 7.72. The van der Waals surface area contributed by atoms with E-state index in [0.29, 0.717) is 5.76 Å². The molecule has 0 fully saturated rings. The fourth-order valence-corrected chi connectivity index (χ4v) is 1.68. The number of hydrogen-bond donors (Lipinski definition) is 1. The van der Waals surface area contributed by atoms with Crippen LogP contribution in [0.15, 0.2) is 51.3 Å². The lowest BCUT2D eigenvalue weighted by molar-refractivity contribution is -0.123. The Labute approximate surface area is 126 Å². The summed E-state index contributed by atoms with van der Waals surface area (Å²) in [6, 6.07) is 8.48. The number of rotatable bonds is 7. The average Bonchev–Trinajstić information content (AvgIpc) is 3.06. The number of carbonyl (C=O) groups is 1. The van der Waals surface area contributed by atoms with Crippen LogP contribution in [0.25, 0.3) is 0 Å². The number of hydrogen-bond acceptors (Lipinski definition) is 6. The highest BCUT2D eigenvalue weighted by atomic mass is 16.5. The summed E-state index contributed by atoms with van der Waals surface area (Å²) >= 11 is 0. The van der Waals surface area contributed by atoms with E-state index >= 15 is 0 Å². The van der Waals surface area contributed by atoms with E-state index in [1.54, 1.807) is 24.3 Å². The predicted octanol–water partition coefficient (Wildman–Crippen LogP) is 2.77. The zero-order chi connectivity index (χ0) is 15.8. The molecule has 7 heteroatoms. The number of amides is 1. The molecule has 2 rings (SSSR count). The van der Waals surface area contributed by atoms with E-state index in [-0.39, 0.29) is 18.0 Å². The SMILES string of the molecule is CCc1ccc(OCC(=O)N/N=C\c2ccco2)c(N=O)c1. The molecular weight excluding hydrogens is 286 g/mol. The molecule has 7 nitrogen and oxygen atoms in total. The molecule has 0 saturated carbocycles. The lowest BCUT2D eigenvalue weighted by Crippen LogP contribution is -2.24.